The first kappa shape index (κ1) is 20.4. The molecule has 0 aliphatic carbocycles. The summed E-state index contributed by atoms with van der Waals surface area (Å²) in [7, 11) is 4.17. The van der Waals surface area contributed by atoms with Crippen LogP contribution in [0.2, 0.25) is 0 Å². The van der Waals surface area contributed by atoms with Gasteiger partial charge in [0, 0.05) is 32.5 Å². The monoisotopic (exact) mass is 375 g/mol. The molecular formula is C22H37N3O2. The highest BCUT2D eigenvalue weighted by atomic mass is 16.3. The molecule has 2 aliphatic heterocycles. The second-order valence-electron chi connectivity index (χ2n) is 8.54. The van der Waals surface area contributed by atoms with Gasteiger partial charge in [-0.15, -0.1) is 0 Å². The minimum Gasteiger partial charge on any atom is -0.465 e. The normalized spacial score (nSPS) is 22.9. The number of hydrogen-bond donors (Lipinski definition) is 0. The maximum absolute atomic E-state index is 12.7. The molecule has 152 valence electrons. The second kappa shape index (κ2) is 9.74. The fourth-order valence-electron chi connectivity index (χ4n) is 4.54. The fraction of sp³-hybridized carbons (Fsp3) is 0.773. The number of carbonyl (C=O) groups excluding carboxylic acids is 1. The lowest BCUT2D eigenvalue weighted by Gasteiger charge is -2.36. The summed E-state index contributed by atoms with van der Waals surface area (Å²) < 4.78 is 5.87. The Morgan fingerprint density at radius 2 is 1.93 bits per heavy atom. The Morgan fingerprint density at radius 1 is 1.19 bits per heavy atom. The van der Waals surface area contributed by atoms with E-state index in [4.69, 9.17) is 4.42 Å². The highest BCUT2D eigenvalue weighted by Gasteiger charge is 2.26. The van der Waals surface area contributed by atoms with Crippen LogP contribution in [-0.4, -0.2) is 66.9 Å². The van der Waals surface area contributed by atoms with Crippen molar-refractivity contribution in [2.75, 3.05) is 40.3 Å². The summed E-state index contributed by atoms with van der Waals surface area (Å²) in [5.41, 5.74) is 0. The van der Waals surface area contributed by atoms with Crippen molar-refractivity contribution in [3.63, 3.8) is 0 Å². The lowest BCUT2D eigenvalue weighted by Crippen LogP contribution is -2.44. The van der Waals surface area contributed by atoms with Gasteiger partial charge in [0.25, 0.3) is 0 Å². The van der Waals surface area contributed by atoms with Crippen LogP contribution < -0.4 is 0 Å². The van der Waals surface area contributed by atoms with E-state index in [1.165, 1.54) is 12.8 Å². The SMILES string of the molecule is CCc1ccc(CN2CCCC(CCC(=O)N(C)C3CCN(C)CC3)C2)o1. The molecular weight excluding hydrogens is 338 g/mol. The first-order valence-corrected chi connectivity index (χ1v) is 10.8. The molecule has 3 rings (SSSR count). The number of furan rings is 1. The Bertz CT molecular complexity index is 592. The van der Waals surface area contributed by atoms with Crippen LogP contribution in [0, 0.1) is 5.92 Å². The van der Waals surface area contributed by atoms with E-state index in [1.807, 2.05) is 11.9 Å². The zero-order valence-corrected chi connectivity index (χ0v) is 17.5. The first-order chi connectivity index (χ1) is 13.0. The Hall–Kier alpha value is -1.33. The summed E-state index contributed by atoms with van der Waals surface area (Å²) in [5.74, 6) is 3.11. The van der Waals surface area contributed by atoms with Crippen molar-refractivity contribution in [3.8, 4) is 0 Å². The van der Waals surface area contributed by atoms with Crippen LogP contribution in [0.5, 0.6) is 0 Å². The molecule has 0 aromatic carbocycles. The molecule has 0 radical (unpaired) electrons. The first-order valence-electron chi connectivity index (χ1n) is 10.8. The van der Waals surface area contributed by atoms with Gasteiger partial charge in [-0.05, 0) is 76.8 Å². The number of nitrogens with zero attached hydrogens (tertiary/aromatic N) is 3. The van der Waals surface area contributed by atoms with Crippen molar-refractivity contribution in [2.45, 2.75) is 64.5 Å². The maximum atomic E-state index is 12.7. The molecule has 5 nitrogen and oxygen atoms in total. The predicted octanol–water partition coefficient (Wildman–Crippen LogP) is 3.39. The van der Waals surface area contributed by atoms with Crippen molar-refractivity contribution in [1.29, 1.82) is 0 Å². The molecule has 1 aromatic heterocycles. The zero-order valence-electron chi connectivity index (χ0n) is 17.5. The fourth-order valence-corrected chi connectivity index (χ4v) is 4.54. The molecule has 1 unspecified atom stereocenters. The number of amides is 1. The van der Waals surface area contributed by atoms with Gasteiger partial charge in [0.05, 0.1) is 6.54 Å². The van der Waals surface area contributed by atoms with E-state index in [9.17, 15) is 4.79 Å². The van der Waals surface area contributed by atoms with Crippen LogP contribution >= 0.6 is 0 Å². The lowest BCUT2D eigenvalue weighted by molar-refractivity contribution is -0.133. The summed E-state index contributed by atoms with van der Waals surface area (Å²) in [6.07, 6.45) is 7.37. The van der Waals surface area contributed by atoms with E-state index in [2.05, 4.69) is 35.9 Å². The maximum Gasteiger partial charge on any atom is 0.222 e. The summed E-state index contributed by atoms with van der Waals surface area (Å²) in [5, 5.41) is 0. The standard InChI is InChI=1S/C22H37N3O2/c1-4-20-8-9-21(27-20)17-25-13-5-6-18(16-25)7-10-22(26)24(3)19-11-14-23(2)15-12-19/h8-9,18-19H,4-7,10-17H2,1-3H3. The van der Waals surface area contributed by atoms with Gasteiger partial charge in [0.15, 0.2) is 0 Å². The number of rotatable bonds is 7. The Balaban J connectivity index is 1.41. The van der Waals surface area contributed by atoms with Crippen LogP contribution in [0.3, 0.4) is 0 Å². The molecule has 5 heteroatoms. The average Bonchev–Trinajstić information content (AvgIpc) is 3.14. The molecule has 0 saturated carbocycles. The molecule has 27 heavy (non-hydrogen) atoms. The number of aryl methyl sites for hydroxylation is 1. The highest BCUT2D eigenvalue weighted by molar-refractivity contribution is 5.76. The van der Waals surface area contributed by atoms with E-state index in [1.54, 1.807) is 0 Å². The third kappa shape index (κ3) is 5.82. The molecule has 1 amide bonds. The van der Waals surface area contributed by atoms with Crippen molar-refractivity contribution < 1.29 is 9.21 Å². The highest BCUT2D eigenvalue weighted by Crippen LogP contribution is 2.24. The van der Waals surface area contributed by atoms with Gasteiger partial charge >= 0.3 is 0 Å². The van der Waals surface area contributed by atoms with Crippen molar-refractivity contribution in [2.24, 2.45) is 5.92 Å². The molecule has 1 aromatic rings. The minimum absolute atomic E-state index is 0.334. The number of hydrogen-bond acceptors (Lipinski definition) is 4. The third-order valence-corrected chi connectivity index (χ3v) is 6.44. The zero-order chi connectivity index (χ0) is 19.2. The smallest absolute Gasteiger partial charge is 0.222 e. The van der Waals surface area contributed by atoms with E-state index in [0.29, 0.717) is 24.3 Å². The van der Waals surface area contributed by atoms with Gasteiger partial charge in [-0.1, -0.05) is 6.92 Å². The van der Waals surface area contributed by atoms with Crippen LogP contribution in [0.15, 0.2) is 16.5 Å². The Kier molecular flexibility index (Phi) is 7.36. The number of carbonyl (C=O) groups is 1. The Morgan fingerprint density at radius 3 is 2.63 bits per heavy atom. The lowest BCUT2D eigenvalue weighted by atomic mass is 9.92. The van der Waals surface area contributed by atoms with Crippen molar-refractivity contribution >= 4 is 5.91 Å². The summed E-state index contributed by atoms with van der Waals surface area (Å²) in [6.45, 7) is 7.47. The average molecular weight is 376 g/mol. The summed E-state index contributed by atoms with van der Waals surface area (Å²) in [6, 6.07) is 4.64. The molecule has 2 fully saturated rings. The van der Waals surface area contributed by atoms with E-state index >= 15 is 0 Å². The molecule has 2 saturated heterocycles. The Labute approximate surface area is 164 Å². The van der Waals surface area contributed by atoms with Crippen molar-refractivity contribution in [1.82, 2.24) is 14.7 Å². The van der Waals surface area contributed by atoms with E-state index in [-0.39, 0.29) is 0 Å². The van der Waals surface area contributed by atoms with Crippen LogP contribution in [0.1, 0.15) is 57.0 Å². The van der Waals surface area contributed by atoms with Gasteiger partial charge in [-0.3, -0.25) is 9.69 Å². The number of likely N-dealkylation sites (tertiary alicyclic amines) is 2. The molecule has 2 aliphatic rings. The summed E-state index contributed by atoms with van der Waals surface area (Å²) >= 11 is 0. The number of piperidine rings is 2. The molecule has 0 spiro atoms. The molecule has 1 atom stereocenters. The van der Waals surface area contributed by atoms with Crippen LogP contribution in [-0.2, 0) is 17.8 Å². The second-order valence-corrected chi connectivity index (χ2v) is 8.54. The van der Waals surface area contributed by atoms with Gasteiger partial charge in [-0.25, -0.2) is 0 Å². The predicted molar refractivity (Wildman–Crippen MR) is 109 cm³/mol. The van der Waals surface area contributed by atoms with E-state index in [0.717, 1.165) is 69.9 Å². The largest absolute Gasteiger partial charge is 0.465 e. The third-order valence-electron chi connectivity index (χ3n) is 6.44. The molecule has 3 heterocycles. The van der Waals surface area contributed by atoms with Gasteiger partial charge in [0.2, 0.25) is 5.91 Å². The summed E-state index contributed by atoms with van der Waals surface area (Å²) in [4.78, 5) is 19.5. The van der Waals surface area contributed by atoms with Crippen LogP contribution in [0.25, 0.3) is 0 Å². The molecule has 0 bridgehead atoms. The van der Waals surface area contributed by atoms with Crippen molar-refractivity contribution in [3.05, 3.63) is 23.7 Å². The topological polar surface area (TPSA) is 39.9 Å². The quantitative estimate of drug-likeness (QED) is 0.732. The minimum atomic E-state index is 0.334. The van der Waals surface area contributed by atoms with E-state index < -0.39 is 0 Å². The van der Waals surface area contributed by atoms with Gasteiger partial charge in [0.1, 0.15) is 11.5 Å². The van der Waals surface area contributed by atoms with Gasteiger partial charge < -0.3 is 14.2 Å². The van der Waals surface area contributed by atoms with Crippen LogP contribution in [0.4, 0.5) is 0 Å². The molecule has 0 N–H and O–H groups in total. The van der Waals surface area contributed by atoms with Gasteiger partial charge in [-0.2, -0.15) is 0 Å².